The van der Waals surface area contributed by atoms with E-state index < -0.39 is 12.1 Å². The van der Waals surface area contributed by atoms with Crippen LogP contribution in [0.15, 0.2) is 18.3 Å². The van der Waals surface area contributed by atoms with Crippen molar-refractivity contribution in [1.29, 1.82) is 0 Å². The number of aliphatic hydroxyl groups excluding tert-OH is 1. The summed E-state index contributed by atoms with van der Waals surface area (Å²) in [7, 11) is 0. The van der Waals surface area contributed by atoms with Crippen LogP contribution in [-0.2, 0) is 0 Å². The van der Waals surface area contributed by atoms with Crippen LogP contribution in [0.5, 0.6) is 0 Å². The summed E-state index contributed by atoms with van der Waals surface area (Å²) in [4.78, 5) is 14.3. The fourth-order valence-corrected chi connectivity index (χ4v) is 1.10. The lowest BCUT2D eigenvalue weighted by molar-refractivity contribution is 0.0690. The normalized spacial score (nSPS) is 11.5. The highest BCUT2D eigenvalue weighted by Crippen LogP contribution is 2.08. The molecule has 1 unspecified atom stereocenters. The fraction of sp³-hybridized carbons (Fsp3) is 0.273. The molecule has 0 aliphatic carbocycles. The molecule has 0 fully saturated rings. The van der Waals surface area contributed by atoms with Gasteiger partial charge in [0.1, 0.15) is 5.69 Å². The smallest absolute Gasteiger partial charge is 0.354 e. The summed E-state index contributed by atoms with van der Waals surface area (Å²) >= 11 is 0. The Morgan fingerprint density at radius 3 is 3.06 bits per heavy atom. The number of carboxylic acid groups (broad SMARTS) is 1. The zero-order valence-electron chi connectivity index (χ0n) is 8.55. The maximum atomic E-state index is 10.6. The molecule has 0 saturated carbocycles. The first kappa shape index (κ1) is 12.0. The van der Waals surface area contributed by atoms with Gasteiger partial charge in [-0.25, -0.2) is 9.78 Å². The molecule has 0 amide bonds. The Labute approximate surface area is 93.1 Å². The van der Waals surface area contributed by atoms with Crippen LogP contribution in [0.2, 0.25) is 0 Å². The van der Waals surface area contributed by atoms with E-state index in [9.17, 15) is 9.90 Å². The van der Waals surface area contributed by atoms with Gasteiger partial charge in [0, 0.05) is 24.8 Å². The second kappa shape index (κ2) is 5.73. The Morgan fingerprint density at radius 2 is 2.44 bits per heavy atom. The Bertz CT molecular complexity index is 412. The van der Waals surface area contributed by atoms with Gasteiger partial charge in [-0.1, -0.05) is 0 Å². The molecule has 5 nitrogen and oxygen atoms in total. The van der Waals surface area contributed by atoms with Crippen LogP contribution >= 0.6 is 0 Å². The molecule has 0 aliphatic rings. The summed E-state index contributed by atoms with van der Waals surface area (Å²) in [5.74, 6) is 1.25. The Morgan fingerprint density at radius 1 is 1.69 bits per heavy atom. The van der Waals surface area contributed by atoms with Gasteiger partial charge in [0.25, 0.3) is 0 Å². The number of terminal acetylenes is 1. The molecule has 0 spiro atoms. The van der Waals surface area contributed by atoms with Crippen LogP contribution in [0.1, 0.15) is 16.9 Å². The van der Waals surface area contributed by atoms with E-state index in [0.717, 1.165) is 0 Å². The average molecular weight is 220 g/mol. The van der Waals surface area contributed by atoms with Gasteiger partial charge in [-0.3, -0.25) is 0 Å². The van der Waals surface area contributed by atoms with Crippen molar-refractivity contribution < 1.29 is 15.0 Å². The van der Waals surface area contributed by atoms with Crippen molar-refractivity contribution in [3.05, 3.63) is 24.0 Å². The minimum absolute atomic E-state index is 0.0450. The number of aliphatic hydroxyl groups is 1. The third-order valence-corrected chi connectivity index (χ3v) is 1.87. The number of carboxylic acids is 1. The van der Waals surface area contributed by atoms with E-state index in [1.807, 2.05) is 0 Å². The van der Waals surface area contributed by atoms with Gasteiger partial charge in [-0.15, -0.1) is 12.3 Å². The van der Waals surface area contributed by atoms with Gasteiger partial charge in [0.05, 0.1) is 6.10 Å². The largest absolute Gasteiger partial charge is 0.477 e. The molecule has 84 valence electrons. The fourth-order valence-electron chi connectivity index (χ4n) is 1.10. The first-order chi connectivity index (χ1) is 7.63. The monoisotopic (exact) mass is 220 g/mol. The lowest BCUT2D eigenvalue weighted by atomic mass is 10.2. The average Bonchev–Trinajstić information content (AvgIpc) is 2.27. The summed E-state index contributed by atoms with van der Waals surface area (Å²) < 4.78 is 0. The van der Waals surface area contributed by atoms with E-state index in [4.69, 9.17) is 11.5 Å². The maximum Gasteiger partial charge on any atom is 0.354 e. The summed E-state index contributed by atoms with van der Waals surface area (Å²) in [5.41, 5.74) is 0.542. The molecule has 1 heterocycles. The second-order valence-corrected chi connectivity index (χ2v) is 3.18. The minimum Gasteiger partial charge on any atom is -0.477 e. The third-order valence-electron chi connectivity index (χ3n) is 1.87. The zero-order valence-corrected chi connectivity index (χ0v) is 8.55. The van der Waals surface area contributed by atoms with Crippen molar-refractivity contribution in [2.24, 2.45) is 0 Å². The van der Waals surface area contributed by atoms with E-state index in [-0.39, 0.29) is 18.7 Å². The predicted octanol–water partition coefficient (Wildman–Crippen LogP) is 0.576. The lowest BCUT2D eigenvalue weighted by Gasteiger charge is -2.10. The Hall–Kier alpha value is -2.06. The van der Waals surface area contributed by atoms with Crippen LogP contribution < -0.4 is 5.32 Å². The molecule has 3 N–H and O–H groups in total. The molecule has 0 aromatic carbocycles. The quantitative estimate of drug-likeness (QED) is 0.632. The molecule has 1 atom stereocenters. The molecule has 0 aliphatic heterocycles. The Balaban J connectivity index is 2.58. The van der Waals surface area contributed by atoms with Crippen molar-refractivity contribution in [3.63, 3.8) is 0 Å². The maximum absolute atomic E-state index is 10.6. The highest BCUT2D eigenvalue weighted by Gasteiger charge is 2.06. The molecule has 0 bridgehead atoms. The molecule has 16 heavy (non-hydrogen) atoms. The first-order valence-corrected chi connectivity index (χ1v) is 4.68. The highest BCUT2D eigenvalue weighted by atomic mass is 16.4. The van der Waals surface area contributed by atoms with Gasteiger partial charge in [0.2, 0.25) is 0 Å². The summed E-state index contributed by atoms with van der Waals surface area (Å²) in [5, 5.41) is 20.9. The van der Waals surface area contributed by atoms with Crippen LogP contribution in [-0.4, -0.2) is 33.8 Å². The van der Waals surface area contributed by atoms with Crippen molar-refractivity contribution in [2.45, 2.75) is 12.5 Å². The van der Waals surface area contributed by atoms with Crippen LogP contribution in [0.4, 0.5) is 5.69 Å². The lowest BCUT2D eigenvalue weighted by Crippen LogP contribution is -2.18. The molecule has 0 radical (unpaired) electrons. The number of hydrogen-bond acceptors (Lipinski definition) is 4. The summed E-state index contributed by atoms with van der Waals surface area (Å²) in [6, 6.07) is 3.01. The molecule has 1 rings (SSSR count). The standard InChI is InChI=1S/C11H12N2O3/c1-2-3-9(14)7-13-8-4-5-12-10(6-8)11(15)16/h1,4-6,9,14H,3,7H2,(H,12,13)(H,15,16). The van der Waals surface area contributed by atoms with Gasteiger partial charge < -0.3 is 15.5 Å². The van der Waals surface area contributed by atoms with Gasteiger partial charge >= 0.3 is 5.97 Å². The number of carbonyl (C=O) groups is 1. The van der Waals surface area contributed by atoms with Gasteiger partial charge in [-0.2, -0.15) is 0 Å². The van der Waals surface area contributed by atoms with Crippen molar-refractivity contribution in [3.8, 4) is 12.3 Å². The van der Waals surface area contributed by atoms with E-state index in [2.05, 4.69) is 16.2 Å². The van der Waals surface area contributed by atoms with Crippen molar-refractivity contribution in [2.75, 3.05) is 11.9 Å². The highest BCUT2D eigenvalue weighted by molar-refractivity contribution is 5.86. The van der Waals surface area contributed by atoms with Gasteiger partial charge in [0.15, 0.2) is 0 Å². The number of rotatable bonds is 5. The van der Waals surface area contributed by atoms with Gasteiger partial charge in [-0.05, 0) is 12.1 Å². The second-order valence-electron chi connectivity index (χ2n) is 3.18. The SMILES string of the molecule is C#CCC(O)CNc1ccnc(C(=O)O)c1. The van der Waals surface area contributed by atoms with Crippen molar-refractivity contribution in [1.82, 2.24) is 4.98 Å². The number of hydrogen-bond donors (Lipinski definition) is 3. The summed E-state index contributed by atoms with van der Waals surface area (Å²) in [6.45, 7) is 0.271. The van der Waals surface area contributed by atoms with E-state index in [1.165, 1.54) is 12.3 Å². The minimum atomic E-state index is -1.09. The third kappa shape index (κ3) is 3.59. The molecule has 5 heteroatoms. The number of anilines is 1. The molecular formula is C11H12N2O3. The number of aromatic carboxylic acids is 1. The summed E-state index contributed by atoms with van der Waals surface area (Å²) in [6.07, 6.45) is 6.03. The number of nitrogens with zero attached hydrogens (tertiary/aromatic N) is 1. The first-order valence-electron chi connectivity index (χ1n) is 4.68. The topological polar surface area (TPSA) is 82.5 Å². The molecular weight excluding hydrogens is 208 g/mol. The van der Waals surface area contributed by atoms with Crippen molar-refractivity contribution >= 4 is 11.7 Å². The Kier molecular flexibility index (Phi) is 4.30. The van der Waals surface area contributed by atoms with Crippen LogP contribution in [0.25, 0.3) is 0 Å². The van der Waals surface area contributed by atoms with E-state index in [1.54, 1.807) is 6.07 Å². The predicted molar refractivity (Wildman–Crippen MR) is 59.1 cm³/mol. The number of aromatic nitrogens is 1. The van der Waals surface area contributed by atoms with E-state index in [0.29, 0.717) is 5.69 Å². The zero-order chi connectivity index (χ0) is 12.0. The van der Waals surface area contributed by atoms with Crippen LogP contribution in [0, 0.1) is 12.3 Å². The van der Waals surface area contributed by atoms with E-state index >= 15 is 0 Å². The molecule has 0 saturated heterocycles. The number of pyridine rings is 1. The van der Waals surface area contributed by atoms with Crippen LogP contribution in [0.3, 0.4) is 0 Å². The number of nitrogens with one attached hydrogen (secondary N) is 1. The molecule has 1 aromatic rings. The molecule has 1 aromatic heterocycles.